The van der Waals surface area contributed by atoms with E-state index in [1.165, 1.54) is 17.4 Å². The summed E-state index contributed by atoms with van der Waals surface area (Å²) in [6.45, 7) is 3.78. The number of nitrogens with zero attached hydrogens (tertiary/aromatic N) is 3. The van der Waals surface area contributed by atoms with E-state index in [1.807, 2.05) is 13.8 Å². The van der Waals surface area contributed by atoms with Gasteiger partial charge in [0.25, 0.3) is 5.91 Å². The molecule has 3 rings (SSSR count). The third-order valence-electron chi connectivity index (χ3n) is 3.52. The Kier molecular flexibility index (Phi) is 4.96. The minimum absolute atomic E-state index is 0.237. The van der Waals surface area contributed by atoms with Crippen LogP contribution in [0.5, 0.6) is 0 Å². The molecule has 3 aromatic rings. The Morgan fingerprint density at radius 3 is 2.88 bits per heavy atom. The van der Waals surface area contributed by atoms with Gasteiger partial charge in [-0.2, -0.15) is 0 Å². The molecule has 0 spiro atoms. The summed E-state index contributed by atoms with van der Waals surface area (Å²) in [4.78, 5) is 18.1. The summed E-state index contributed by atoms with van der Waals surface area (Å²) in [5.74, 6) is -0.493. The molecule has 0 fully saturated rings. The zero-order valence-electron chi connectivity index (χ0n) is 13.2. The number of nitrogens with one attached hydrogen (secondary N) is 1. The second kappa shape index (κ2) is 7.14. The average Bonchev–Trinajstić information content (AvgIpc) is 3.16. The number of aryl methyl sites for hydroxylation is 2. The van der Waals surface area contributed by atoms with Gasteiger partial charge in [-0.1, -0.05) is 29.6 Å². The first kappa shape index (κ1) is 16.7. The van der Waals surface area contributed by atoms with Crippen molar-refractivity contribution in [2.75, 3.05) is 5.32 Å². The second-order valence-electron chi connectivity index (χ2n) is 5.15. The number of carbonyl (C=O) groups excluding carboxylic acids is 1. The van der Waals surface area contributed by atoms with E-state index in [0.29, 0.717) is 34.1 Å². The normalized spacial score (nSPS) is 10.8. The summed E-state index contributed by atoms with van der Waals surface area (Å²) < 4.78 is 17.6. The van der Waals surface area contributed by atoms with Crippen LogP contribution < -0.4 is 5.32 Å². The van der Waals surface area contributed by atoms with E-state index in [4.69, 9.17) is 0 Å². The van der Waals surface area contributed by atoms with Crippen LogP contribution in [-0.4, -0.2) is 20.5 Å². The highest BCUT2D eigenvalue weighted by molar-refractivity contribution is 7.16. The van der Waals surface area contributed by atoms with Gasteiger partial charge in [-0.05, 0) is 36.5 Å². The fourth-order valence-corrected chi connectivity index (χ4v) is 3.85. The fraction of sp³-hybridized carbons (Fsp3) is 0.250. The molecule has 0 aliphatic heterocycles. The molecule has 8 heteroatoms. The van der Waals surface area contributed by atoms with Gasteiger partial charge in [-0.25, -0.2) is 9.37 Å². The molecule has 24 heavy (non-hydrogen) atoms. The van der Waals surface area contributed by atoms with Crippen LogP contribution in [0.3, 0.4) is 0 Å². The number of halogens is 1. The first-order valence-corrected chi connectivity index (χ1v) is 8.99. The van der Waals surface area contributed by atoms with Crippen molar-refractivity contribution >= 4 is 33.9 Å². The molecule has 5 nitrogen and oxygen atoms in total. The van der Waals surface area contributed by atoms with Crippen LogP contribution in [-0.2, 0) is 12.8 Å². The number of amides is 1. The van der Waals surface area contributed by atoms with Crippen LogP contribution >= 0.6 is 22.9 Å². The summed E-state index contributed by atoms with van der Waals surface area (Å²) in [5.41, 5.74) is 2.08. The molecule has 0 aliphatic carbocycles. The zero-order chi connectivity index (χ0) is 17.1. The molecule has 2 heterocycles. The van der Waals surface area contributed by atoms with E-state index in [9.17, 15) is 9.18 Å². The standard InChI is InChI=1S/C16H15FN4OS2/c1-3-12-14(24-21-20-12)15(22)19-16-18-9(2)13(23-16)8-10-6-4-5-7-11(10)17/h4-7H,3,8H2,1-2H3,(H,18,19,22). The number of aromatic nitrogens is 3. The molecular weight excluding hydrogens is 347 g/mol. The number of carbonyl (C=O) groups is 1. The lowest BCUT2D eigenvalue weighted by molar-refractivity contribution is 0.102. The summed E-state index contributed by atoms with van der Waals surface area (Å²) >= 11 is 2.43. The molecule has 0 bridgehead atoms. The van der Waals surface area contributed by atoms with Crippen LogP contribution in [0.4, 0.5) is 9.52 Å². The molecule has 0 atom stereocenters. The van der Waals surface area contributed by atoms with E-state index in [0.717, 1.165) is 22.1 Å². The van der Waals surface area contributed by atoms with Crippen molar-refractivity contribution < 1.29 is 9.18 Å². The molecule has 1 N–H and O–H groups in total. The van der Waals surface area contributed by atoms with Gasteiger partial charge < -0.3 is 0 Å². The van der Waals surface area contributed by atoms with E-state index in [1.54, 1.807) is 18.2 Å². The molecular formula is C16H15FN4OS2. The highest BCUT2D eigenvalue weighted by atomic mass is 32.1. The predicted octanol–water partition coefficient (Wildman–Crippen LogP) is 3.85. The van der Waals surface area contributed by atoms with Gasteiger partial charge in [-0.15, -0.1) is 16.4 Å². The summed E-state index contributed by atoms with van der Waals surface area (Å²) in [6, 6.07) is 6.67. The van der Waals surface area contributed by atoms with Gasteiger partial charge in [0.2, 0.25) is 0 Å². The molecule has 0 saturated carbocycles. The van der Waals surface area contributed by atoms with Crippen molar-refractivity contribution in [1.82, 2.24) is 14.6 Å². The monoisotopic (exact) mass is 362 g/mol. The number of rotatable bonds is 5. The van der Waals surface area contributed by atoms with Crippen LogP contribution in [0, 0.1) is 12.7 Å². The largest absolute Gasteiger partial charge is 0.297 e. The maximum Gasteiger partial charge on any atom is 0.271 e. The van der Waals surface area contributed by atoms with Crippen molar-refractivity contribution in [2.24, 2.45) is 0 Å². The molecule has 1 amide bonds. The summed E-state index contributed by atoms with van der Waals surface area (Å²) in [6.07, 6.45) is 1.10. The first-order chi connectivity index (χ1) is 11.6. The number of benzene rings is 1. The lowest BCUT2D eigenvalue weighted by Gasteiger charge is -2.01. The number of hydrogen-bond donors (Lipinski definition) is 1. The molecule has 0 saturated heterocycles. The van der Waals surface area contributed by atoms with Crippen LogP contribution in [0.15, 0.2) is 24.3 Å². The number of hydrogen-bond acceptors (Lipinski definition) is 6. The predicted molar refractivity (Wildman–Crippen MR) is 93.3 cm³/mol. The highest BCUT2D eigenvalue weighted by Gasteiger charge is 2.18. The number of thiazole rings is 1. The minimum atomic E-state index is -0.256. The first-order valence-electron chi connectivity index (χ1n) is 7.40. The van der Waals surface area contributed by atoms with Crippen LogP contribution in [0.25, 0.3) is 0 Å². The van der Waals surface area contributed by atoms with Gasteiger partial charge in [0.15, 0.2) is 5.13 Å². The Balaban J connectivity index is 1.77. The quantitative estimate of drug-likeness (QED) is 0.749. The average molecular weight is 362 g/mol. The SMILES string of the molecule is CCc1nnsc1C(=O)Nc1nc(C)c(Cc2ccccc2F)s1. The maximum absolute atomic E-state index is 13.8. The molecule has 0 radical (unpaired) electrons. The highest BCUT2D eigenvalue weighted by Crippen LogP contribution is 2.27. The van der Waals surface area contributed by atoms with Crippen LogP contribution in [0.1, 0.15) is 38.4 Å². The Morgan fingerprint density at radius 2 is 2.12 bits per heavy atom. The summed E-state index contributed by atoms with van der Waals surface area (Å²) in [7, 11) is 0. The van der Waals surface area contributed by atoms with Crippen LogP contribution in [0.2, 0.25) is 0 Å². The molecule has 2 aromatic heterocycles. The molecule has 1 aromatic carbocycles. The van der Waals surface area contributed by atoms with E-state index in [2.05, 4.69) is 19.9 Å². The van der Waals surface area contributed by atoms with Gasteiger partial charge >= 0.3 is 0 Å². The van der Waals surface area contributed by atoms with E-state index < -0.39 is 0 Å². The Bertz CT molecular complexity index is 875. The molecule has 124 valence electrons. The second-order valence-corrected chi connectivity index (χ2v) is 6.99. The van der Waals surface area contributed by atoms with Gasteiger partial charge in [0.05, 0.1) is 11.4 Å². The smallest absolute Gasteiger partial charge is 0.271 e. The third-order valence-corrected chi connectivity index (χ3v) is 5.36. The Labute approximate surface area is 146 Å². The van der Waals surface area contributed by atoms with Gasteiger partial charge in [0, 0.05) is 11.3 Å². The Hall–Kier alpha value is -2.19. The van der Waals surface area contributed by atoms with Gasteiger partial charge in [-0.3, -0.25) is 10.1 Å². The molecule has 0 aliphatic rings. The van der Waals surface area contributed by atoms with Crippen molar-refractivity contribution in [1.29, 1.82) is 0 Å². The Morgan fingerprint density at radius 1 is 1.33 bits per heavy atom. The minimum Gasteiger partial charge on any atom is -0.297 e. The van der Waals surface area contributed by atoms with E-state index >= 15 is 0 Å². The lowest BCUT2D eigenvalue weighted by atomic mass is 10.1. The maximum atomic E-state index is 13.8. The molecule has 0 unspecified atom stereocenters. The number of anilines is 1. The lowest BCUT2D eigenvalue weighted by Crippen LogP contribution is -2.12. The van der Waals surface area contributed by atoms with Crippen molar-refractivity contribution in [2.45, 2.75) is 26.7 Å². The van der Waals surface area contributed by atoms with Gasteiger partial charge in [0.1, 0.15) is 10.7 Å². The fourth-order valence-electron chi connectivity index (χ4n) is 2.23. The van der Waals surface area contributed by atoms with Crippen molar-refractivity contribution in [3.05, 3.63) is 56.8 Å². The topological polar surface area (TPSA) is 67.8 Å². The van der Waals surface area contributed by atoms with E-state index in [-0.39, 0.29) is 11.7 Å². The third kappa shape index (κ3) is 3.49. The summed E-state index contributed by atoms with van der Waals surface area (Å²) in [5, 5.41) is 7.22. The van der Waals surface area contributed by atoms with Crippen molar-refractivity contribution in [3.63, 3.8) is 0 Å². The zero-order valence-corrected chi connectivity index (χ0v) is 14.8. The van der Waals surface area contributed by atoms with Crippen molar-refractivity contribution in [3.8, 4) is 0 Å².